The van der Waals surface area contributed by atoms with E-state index >= 15 is 0 Å². The van der Waals surface area contributed by atoms with Gasteiger partial charge in [-0.15, -0.1) is 0 Å². The van der Waals surface area contributed by atoms with Crippen molar-refractivity contribution < 1.29 is 18.4 Å². The minimum atomic E-state index is -0.888. The van der Waals surface area contributed by atoms with Crippen LogP contribution in [0, 0.1) is 12.7 Å². The maximum atomic E-state index is 13.5. The van der Waals surface area contributed by atoms with Gasteiger partial charge in [0.1, 0.15) is 11.4 Å². The topological polar surface area (TPSA) is 85.3 Å². The van der Waals surface area contributed by atoms with Gasteiger partial charge in [0.05, 0.1) is 18.2 Å². The van der Waals surface area contributed by atoms with Crippen molar-refractivity contribution in [2.45, 2.75) is 33.1 Å². The number of primary amides is 1. The largest absolute Gasteiger partial charge is 0.464 e. The summed E-state index contributed by atoms with van der Waals surface area (Å²) < 4.78 is 19.1. The molecular formula is C21H21FN2O3. The zero-order chi connectivity index (χ0) is 19.7. The molecule has 0 saturated carbocycles. The molecule has 0 saturated heterocycles. The summed E-state index contributed by atoms with van der Waals surface area (Å²) in [6.45, 7) is 6.27. The van der Waals surface area contributed by atoms with Gasteiger partial charge in [0.2, 0.25) is 5.91 Å². The fraction of sp³-hybridized carbons (Fsp3) is 0.238. The lowest BCUT2D eigenvalue weighted by atomic mass is 9.95. The third-order valence-corrected chi connectivity index (χ3v) is 4.53. The number of aryl methyl sites for hydroxylation is 1. The van der Waals surface area contributed by atoms with E-state index in [4.69, 9.17) is 10.2 Å². The fourth-order valence-electron chi connectivity index (χ4n) is 3.17. The lowest BCUT2D eigenvalue weighted by Crippen LogP contribution is -2.17. The summed E-state index contributed by atoms with van der Waals surface area (Å²) in [4.78, 5) is 23.6. The first-order valence-corrected chi connectivity index (χ1v) is 8.66. The first kappa shape index (κ1) is 18.6. The number of hydrogen-bond acceptors (Lipinski definition) is 3. The molecule has 0 atom stereocenters. The summed E-state index contributed by atoms with van der Waals surface area (Å²) in [7, 11) is 0. The van der Waals surface area contributed by atoms with Crippen LogP contribution in [-0.2, 0) is 11.2 Å². The first-order chi connectivity index (χ1) is 12.8. The van der Waals surface area contributed by atoms with Gasteiger partial charge in [-0.25, -0.2) is 4.39 Å². The molecule has 0 unspecified atom stereocenters. The molecule has 3 rings (SSSR count). The van der Waals surface area contributed by atoms with E-state index in [1.165, 1.54) is 17.7 Å². The third kappa shape index (κ3) is 3.84. The monoisotopic (exact) mass is 368 g/mol. The molecule has 3 N–H and O–H groups in total. The Balaban J connectivity index is 1.83. The quantitative estimate of drug-likeness (QED) is 0.705. The first-order valence-electron chi connectivity index (χ1n) is 8.66. The van der Waals surface area contributed by atoms with E-state index in [0.717, 1.165) is 28.2 Å². The maximum Gasteiger partial charge on any atom is 0.251 e. The third-order valence-electron chi connectivity index (χ3n) is 4.53. The maximum absolute atomic E-state index is 13.5. The minimum absolute atomic E-state index is 0.0941. The number of halogens is 1. The van der Waals surface area contributed by atoms with Gasteiger partial charge < -0.3 is 15.5 Å². The number of rotatable bonds is 5. The molecule has 5 nitrogen and oxygen atoms in total. The Hall–Kier alpha value is -3.15. The molecule has 2 aromatic carbocycles. The summed E-state index contributed by atoms with van der Waals surface area (Å²) in [5.74, 6) is -1.55. The smallest absolute Gasteiger partial charge is 0.251 e. The number of amides is 2. The van der Waals surface area contributed by atoms with Gasteiger partial charge in [-0.05, 0) is 54.3 Å². The van der Waals surface area contributed by atoms with Crippen molar-refractivity contribution in [1.82, 2.24) is 0 Å². The lowest BCUT2D eigenvalue weighted by Gasteiger charge is -2.10. The van der Waals surface area contributed by atoms with Crippen molar-refractivity contribution in [3.05, 3.63) is 64.7 Å². The lowest BCUT2D eigenvalue weighted by molar-refractivity contribution is -0.115. The van der Waals surface area contributed by atoms with Crippen LogP contribution in [0.3, 0.4) is 0 Å². The second-order valence-electron chi connectivity index (χ2n) is 6.90. The number of hydrogen-bond donors (Lipinski definition) is 2. The van der Waals surface area contributed by atoms with E-state index in [2.05, 4.69) is 25.2 Å². The Bertz CT molecular complexity index is 1040. The molecule has 1 aromatic heterocycles. The van der Waals surface area contributed by atoms with E-state index in [9.17, 15) is 14.0 Å². The van der Waals surface area contributed by atoms with Gasteiger partial charge in [0.25, 0.3) is 5.91 Å². The summed E-state index contributed by atoms with van der Waals surface area (Å²) in [5, 5.41) is 3.56. The SMILES string of the molecule is Cc1cc2occ(CC(=O)Nc3ccc(F)c(C(N)=O)c3)c2cc1C(C)C. The Morgan fingerprint density at radius 3 is 2.63 bits per heavy atom. The number of furan rings is 1. The van der Waals surface area contributed by atoms with Crippen molar-refractivity contribution in [1.29, 1.82) is 0 Å². The molecule has 1 heterocycles. The highest BCUT2D eigenvalue weighted by atomic mass is 19.1. The fourth-order valence-corrected chi connectivity index (χ4v) is 3.17. The highest BCUT2D eigenvalue weighted by molar-refractivity contribution is 5.98. The second kappa shape index (κ2) is 7.23. The van der Waals surface area contributed by atoms with Gasteiger partial charge in [-0.2, -0.15) is 0 Å². The Morgan fingerprint density at radius 1 is 1.22 bits per heavy atom. The number of anilines is 1. The Morgan fingerprint density at radius 2 is 1.96 bits per heavy atom. The normalized spacial score (nSPS) is 11.1. The van der Waals surface area contributed by atoms with Crippen LogP contribution in [0.1, 0.15) is 46.8 Å². The molecule has 0 aliphatic rings. The number of carbonyl (C=O) groups excluding carboxylic acids is 2. The average Bonchev–Trinajstić information content (AvgIpc) is 2.97. The van der Waals surface area contributed by atoms with Crippen molar-refractivity contribution in [2.24, 2.45) is 5.73 Å². The van der Waals surface area contributed by atoms with Crippen LogP contribution >= 0.6 is 0 Å². The summed E-state index contributed by atoms with van der Waals surface area (Å²) in [6, 6.07) is 7.74. The van der Waals surface area contributed by atoms with E-state index in [0.29, 0.717) is 11.6 Å². The molecule has 140 valence electrons. The number of nitrogens with two attached hydrogens (primary N) is 1. The van der Waals surface area contributed by atoms with Crippen LogP contribution in [-0.4, -0.2) is 11.8 Å². The average molecular weight is 368 g/mol. The van der Waals surface area contributed by atoms with Crippen LogP contribution in [0.2, 0.25) is 0 Å². The van der Waals surface area contributed by atoms with Crippen LogP contribution < -0.4 is 11.1 Å². The van der Waals surface area contributed by atoms with Crippen LogP contribution in [0.5, 0.6) is 0 Å². The van der Waals surface area contributed by atoms with Crippen LogP contribution in [0.4, 0.5) is 10.1 Å². The van der Waals surface area contributed by atoms with Gasteiger partial charge in [0, 0.05) is 16.6 Å². The molecular weight excluding hydrogens is 347 g/mol. The van der Waals surface area contributed by atoms with Crippen molar-refractivity contribution in [2.75, 3.05) is 5.32 Å². The Labute approximate surface area is 156 Å². The zero-order valence-corrected chi connectivity index (χ0v) is 15.4. The summed E-state index contributed by atoms with van der Waals surface area (Å²) >= 11 is 0. The van der Waals surface area contributed by atoms with Gasteiger partial charge in [-0.3, -0.25) is 9.59 Å². The number of carbonyl (C=O) groups is 2. The standard InChI is InChI=1S/C21H21FN2O3/c1-11(2)15-9-16-13(10-27-19(16)6-12(15)3)7-20(25)24-14-4-5-18(22)17(8-14)21(23)26/h4-6,8-11H,7H2,1-3H3,(H2,23,26)(H,24,25). The minimum Gasteiger partial charge on any atom is -0.464 e. The zero-order valence-electron chi connectivity index (χ0n) is 15.4. The van der Waals surface area contributed by atoms with Gasteiger partial charge in [-0.1, -0.05) is 13.8 Å². The number of nitrogens with one attached hydrogen (secondary N) is 1. The molecule has 0 aliphatic heterocycles. The van der Waals surface area contributed by atoms with E-state index in [1.807, 2.05) is 13.0 Å². The molecule has 3 aromatic rings. The molecule has 2 amide bonds. The number of benzene rings is 2. The predicted molar refractivity (Wildman–Crippen MR) is 102 cm³/mol. The summed E-state index contributed by atoms with van der Waals surface area (Å²) in [5.41, 5.74) is 9.02. The van der Waals surface area contributed by atoms with Crippen LogP contribution in [0.15, 0.2) is 41.0 Å². The molecule has 0 aliphatic carbocycles. The molecule has 0 bridgehead atoms. The molecule has 0 fully saturated rings. The molecule has 27 heavy (non-hydrogen) atoms. The van der Waals surface area contributed by atoms with Crippen molar-refractivity contribution in [3.63, 3.8) is 0 Å². The van der Waals surface area contributed by atoms with Crippen molar-refractivity contribution in [3.8, 4) is 0 Å². The summed E-state index contributed by atoms with van der Waals surface area (Å²) in [6.07, 6.45) is 1.67. The van der Waals surface area contributed by atoms with E-state index < -0.39 is 11.7 Å². The predicted octanol–water partition coefficient (Wildman–Crippen LogP) is 4.28. The van der Waals surface area contributed by atoms with E-state index in [-0.39, 0.29) is 17.9 Å². The van der Waals surface area contributed by atoms with Gasteiger partial charge in [0.15, 0.2) is 0 Å². The highest BCUT2D eigenvalue weighted by Crippen LogP contribution is 2.29. The Kier molecular flexibility index (Phi) is 4.99. The molecule has 0 radical (unpaired) electrons. The molecule has 0 spiro atoms. The highest BCUT2D eigenvalue weighted by Gasteiger charge is 2.15. The molecule has 6 heteroatoms. The van der Waals surface area contributed by atoms with Gasteiger partial charge >= 0.3 is 0 Å². The van der Waals surface area contributed by atoms with Crippen LogP contribution in [0.25, 0.3) is 11.0 Å². The number of fused-ring (bicyclic) bond motifs is 1. The van der Waals surface area contributed by atoms with E-state index in [1.54, 1.807) is 6.26 Å². The second-order valence-corrected chi connectivity index (χ2v) is 6.90. The van der Waals surface area contributed by atoms with Crippen molar-refractivity contribution >= 4 is 28.5 Å².